The highest BCUT2D eigenvalue weighted by atomic mass is 19.1. The van der Waals surface area contributed by atoms with Crippen LogP contribution >= 0.6 is 0 Å². The highest BCUT2D eigenvalue weighted by Crippen LogP contribution is 2.18. The van der Waals surface area contributed by atoms with E-state index in [-0.39, 0.29) is 11.6 Å². The Bertz CT molecular complexity index is 409. The molecule has 18 heavy (non-hydrogen) atoms. The second kappa shape index (κ2) is 6.96. The summed E-state index contributed by atoms with van der Waals surface area (Å²) in [5, 5.41) is 5.49. The van der Waals surface area contributed by atoms with Crippen molar-refractivity contribution >= 4 is 11.6 Å². The number of rotatable bonds is 6. The number of carbonyl (C=O) groups excluding carboxylic acids is 1. The molecule has 0 fully saturated rings. The molecule has 0 saturated heterocycles. The van der Waals surface area contributed by atoms with E-state index in [1.807, 2.05) is 14.0 Å². The zero-order valence-electron chi connectivity index (χ0n) is 11.1. The first-order chi connectivity index (χ1) is 8.60. The molecule has 1 aromatic rings. The molecule has 0 unspecified atom stereocenters. The van der Waals surface area contributed by atoms with Gasteiger partial charge in [0, 0.05) is 20.1 Å². The van der Waals surface area contributed by atoms with Crippen molar-refractivity contribution in [3.05, 3.63) is 29.6 Å². The van der Waals surface area contributed by atoms with Crippen LogP contribution in [0.5, 0.6) is 0 Å². The van der Waals surface area contributed by atoms with Gasteiger partial charge in [0.05, 0.1) is 11.3 Å². The number of halogens is 1. The molecule has 5 heteroatoms. The van der Waals surface area contributed by atoms with Gasteiger partial charge >= 0.3 is 0 Å². The summed E-state index contributed by atoms with van der Waals surface area (Å²) in [5.41, 5.74) is 0.565. The van der Waals surface area contributed by atoms with Gasteiger partial charge in [0.2, 0.25) is 0 Å². The molecule has 2 N–H and O–H groups in total. The lowest BCUT2D eigenvalue weighted by Gasteiger charge is -2.15. The fourth-order valence-electron chi connectivity index (χ4n) is 1.58. The molecule has 0 aliphatic carbocycles. The van der Waals surface area contributed by atoms with E-state index >= 15 is 0 Å². The zero-order valence-corrected chi connectivity index (χ0v) is 11.1. The maximum Gasteiger partial charge on any atom is 0.253 e. The molecule has 0 heterocycles. The van der Waals surface area contributed by atoms with Crippen LogP contribution < -0.4 is 10.6 Å². The number of para-hydroxylation sites is 1. The third kappa shape index (κ3) is 3.70. The van der Waals surface area contributed by atoms with Crippen LogP contribution in [0.2, 0.25) is 0 Å². The van der Waals surface area contributed by atoms with E-state index in [0.717, 1.165) is 13.1 Å². The SMILES string of the molecule is CCN(C)CCNC(=O)c1cccc(F)c1NC. The smallest absolute Gasteiger partial charge is 0.253 e. The van der Waals surface area contributed by atoms with Gasteiger partial charge in [-0.25, -0.2) is 4.39 Å². The average molecular weight is 253 g/mol. The third-order valence-electron chi connectivity index (χ3n) is 2.83. The van der Waals surface area contributed by atoms with Gasteiger partial charge in [0.15, 0.2) is 0 Å². The minimum atomic E-state index is -0.421. The Hall–Kier alpha value is -1.62. The molecule has 0 aromatic heterocycles. The van der Waals surface area contributed by atoms with E-state index in [9.17, 15) is 9.18 Å². The van der Waals surface area contributed by atoms with Crippen molar-refractivity contribution in [2.75, 3.05) is 39.0 Å². The summed E-state index contributed by atoms with van der Waals surface area (Å²) in [7, 11) is 3.58. The van der Waals surface area contributed by atoms with Crippen molar-refractivity contribution in [2.24, 2.45) is 0 Å². The van der Waals surface area contributed by atoms with Gasteiger partial charge in [-0.15, -0.1) is 0 Å². The van der Waals surface area contributed by atoms with Crippen molar-refractivity contribution in [1.29, 1.82) is 0 Å². The van der Waals surface area contributed by atoms with Crippen molar-refractivity contribution in [1.82, 2.24) is 10.2 Å². The molecule has 0 spiro atoms. The van der Waals surface area contributed by atoms with Gasteiger partial charge < -0.3 is 15.5 Å². The largest absolute Gasteiger partial charge is 0.385 e. The number of anilines is 1. The van der Waals surface area contributed by atoms with Crippen LogP contribution in [0.25, 0.3) is 0 Å². The van der Waals surface area contributed by atoms with Gasteiger partial charge in [-0.3, -0.25) is 4.79 Å². The Morgan fingerprint density at radius 1 is 1.44 bits per heavy atom. The Morgan fingerprint density at radius 3 is 2.78 bits per heavy atom. The summed E-state index contributed by atoms with van der Waals surface area (Å²) in [6.45, 7) is 4.29. The van der Waals surface area contributed by atoms with E-state index in [2.05, 4.69) is 15.5 Å². The molecule has 1 amide bonds. The Balaban J connectivity index is 2.64. The molecule has 0 aliphatic heterocycles. The quantitative estimate of drug-likeness (QED) is 0.808. The molecule has 1 aromatic carbocycles. The van der Waals surface area contributed by atoms with Crippen molar-refractivity contribution in [3.63, 3.8) is 0 Å². The topological polar surface area (TPSA) is 44.4 Å². The maximum atomic E-state index is 13.5. The maximum absolute atomic E-state index is 13.5. The second-order valence-electron chi connectivity index (χ2n) is 4.06. The fraction of sp³-hybridized carbons (Fsp3) is 0.462. The molecule has 0 atom stereocenters. The van der Waals surface area contributed by atoms with E-state index < -0.39 is 5.82 Å². The van der Waals surface area contributed by atoms with Crippen LogP contribution in [0, 0.1) is 5.82 Å². The van der Waals surface area contributed by atoms with Crippen molar-refractivity contribution < 1.29 is 9.18 Å². The Kier molecular flexibility index (Phi) is 5.58. The molecule has 0 saturated carbocycles. The number of hydrogen-bond acceptors (Lipinski definition) is 3. The second-order valence-corrected chi connectivity index (χ2v) is 4.06. The van der Waals surface area contributed by atoms with Gasteiger partial charge in [-0.1, -0.05) is 13.0 Å². The number of carbonyl (C=O) groups is 1. The number of nitrogens with zero attached hydrogens (tertiary/aromatic N) is 1. The minimum Gasteiger partial charge on any atom is -0.385 e. The first-order valence-electron chi connectivity index (χ1n) is 6.03. The Morgan fingerprint density at radius 2 is 2.17 bits per heavy atom. The lowest BCUT2D eigenvalue weighted by molar-refractivity contribution is 0.0950. The average Bonchev–Trinajstić information content (AvgIpc) is 2.37. The summed E-state index contributed by atoms with van der Waals surface area (Å²) in [6, 6.07) is 4.46. The molecule has 4 nitrogen and oxygen atoms in total. The van der Waals surface area contributed by atoms with Gasteiger partial charge in [-0.05, 0) is 25.7 Å². The minimum absolute atomic E-state index is 0.235. The number of nitrogens with one attached hydrogen (secondary N) is 2. The van der Waals surface area contributed by atoms with Crippen LogP contribution in [0.15, 0.2) is 18.2 Å². The Labute approximate surface area is 107 Å². The molecule has 1 rings (SSSR count). The predicted molar refractivity (Wildman–Crippen MR) is 71.5 cm³/mol. The number of hydrogen-bond donors (Lipinski definition) is 2. The van der Waals surface area contributed by atoms with Crippen molar-refractivity contribution in [3.8, 4) is 0 Å². The van der Waals surface area contributed by atoms with E-state index in [1.54, 1.807) is 13.1 Å². The zero-order chi connectivity index (χ0) is 13.5. The van der Waals surface area contributed by atoms with Gasteiger partial charge in [0.25, 0.3) is 5.91 Å². The molecule has 100 valence electrons. The predicted octanol–water partition coefficient (Wildman–Crippen LogP) is 1.55. The fourth-order valence-corrected chi connectivity index (χ4v) is 1.58. The first kappa shape index (κ1) is 14.4. The summed E-state index contributed by atoms with van der Waals surface area (Å²) < 4.78 is 13.5. The summed E-state index contributed by atoms with van der Waals surface area (Å²) in [5.74, 6) is -0.681. The van der Waals surface area contributed by atoms with Crippen LogP contribution in [0.1, 0.15) is 17.3 Å². The van der Waals surface area contributed by atoms with Gasteiger partial charge in [-0.2, -0.15) is 0 Å². The summed E-state index contributed by atoms with van der Waals surface area (Å²) >= 11 is 0. The number of likely N-dealkylation sites (N-methyl/N-ethyl adjacent to an activating group) is 1. The summed E-state index contributed by atoms with van der Waals surface area (Å²) in [4.78, 5) is 14.0. The highest BCUT2D eigenvalue weighted by molar-refractivity contribution is 5.99. The monoisotopic (exact) mass is 253 g/mol. The molecular weight excluding hydrogens is 233 g/mol. The van der Waals surface area contributed by atoms with E-state index in [1.165, 1.54) is 12.1 Å². The first-order valence-corrected chi connectivity index (χ1v) is 6.03. The highest BCUT2D eigenvalue weighted by Gasteiger charge is 2.13. The molecule has 0 radical (unpaired) electrons. The normalized spacial score (nSPS) is 10.5. The van der Waals surface area contributed by atoms with E-state index in [4.69, 9.17) is 0 Å². The third-order valence-corrected chi connectivity index (χ3v) is 2.83. The van der Waals surface area contributed by atoms with E-state index in [0.29, 0.717) is 12.1 Å². The molecule has 0 aliphatic rings. The molecular formula is C13H20FN3O. The van der Waals surface area contributed by atoms with Crippen LogP contribution in [0.4, 0.5) is 10.1 Å². The van der Waals surface area contributed by atoms with Crippen molar-refractivity contribution in [2.45, 2.75) is 6.92 Å². The lowest BCUT2D eigenvalue weighted by atomic mass is 10.1. The lowest BCUT2D eigenvalue weighted by Crippen LogP contribution is -2.33. The molecule has 0 bridgehead atoms. The summed E-state index contributed by atoms with van der Waals surface area (Å²) in [6.07, 6.45) is 0. The van der Waals surface area contributed by atoms with Crippen LogP contribution in [-0.2, 0) is 0 Å². The number of amides is 1. The van der Waals surface area contributed by atoms with Crippen LogP contribution in [0.3, 0.4) is 0 Å². The van der Waals surface area contributed by atoms with Crippen LogP contribution in [-0.4, -0.2) is 44.5 Å². The standard InChI is InChI=1S/C13H20FN3O/c1-4-17(3)9-8-16-13(18)10-6-5-7-11(14)12(10)15-2/h5-7,15H,4,8-9H2,1-3H3,(H,16,18). The van der Waals surface area contributed by atoms with Gasteiger partial charge in [0.1, 0.15) is 5.82 Å². The number of benzene rings is 1.